The van der Waals surface area contributed by atoms with E-state index in [-0.39, 0.29) is 38.0 Å². The molecule has 4 saturated carbocycles. The van der Waals surface area contributed by atoms with Crippen molar-refractivity contribution in [1.29, 1.82) is 0 Å². The third kappa shape index (κ3) is 4.43. The summed E-state index contributed by atoms with van der Waals surface area (Å²) in [6, 6.07) is 4.76. The molecule has 7 heteroatoms. The first-order chi connectivity index (χ1) is 21.5. The van der Waals surface area contributed by atoms with Crippen molar-refractivity contribution in [2.45, 2.75) is 113 Å². The number of benzene rings is 1. The van der Waals surface area contributed by atoms with Crippen LogP contribution in [0.25, 0.3) is 5.70 Å². The molecule has 0 radical (unpaired) electrons. The molecule has 4 fully saturated rings. The highest BCUT2D eigenvalue weighted by Gasteiger charge is 2.69. The maximum atomic E-state index is 14.1. The van der Waals surface area contributed by atoms with Gasteiger partial charge in [0.05, 0.1) is 15.6 Å². The summed E-state index contributed by atoms with van der Waals surface area (Å²) in [5.41, 5.74) is 2.84. The van der Waals surface area contributed by atoms with Crippen LogP contribution in [0, 0.1) is 62.0 Å². The minimum absolute atomic E-state index is 0.0340. The molecule has 46 heavy (non-hydrogen) atoms. The van der Waals surface area contributed by atoms with Crippen LogP contribution < -0.4 is 0 Å². The summed E-state index contributed by atoms with van der Waals surface area (Å²) in [6.45, 7) is 17.3. The molecular formula is C39H52ClFN3O2+. The Morgan fingerprint density at radius 3 is 2.46 bits per heavy atom. The first kappa shape index (κ1) is 32.2. The first-order valence-corrected chi connectivity index (χ1v) is 18.0. The Morgan fingerprint density at radius 2 is 1.74 bits per heavy atom. The average molecular weight is 649 g/mol. The average Bonchev–Trinajstić information content (AvgIpc) is 3.44. The lowest BCUT2D eigenvalue weighted by atomic mass is 9.33. The Bertz CT molecular complexity index is 1610. The van der Waals surface area contributed by atoms with Crippen LogP contribution in [-0.2, 0) is 4.79 Å². The van der Waals surface area contributed by atoms with Gasteiger partial charge in [0, 0.05) is 11.5 Å². The second-order valence-corrected chi connectivity index (χ2v) is 18.4. The molecule has 8 atom stereocenters. The number of halogens is 2. The Kier molecular flexibility index (Phi) is 7.24. The van der Waals surface area contributed by atoms with Gasteiger partial charge in [-0.2, -0.15) is 0 Å². The molecule has 5 nitrogen and oxygen atoms in total. The molecule has 4 unspecified atom stereocenters. The summed E-state index contributed by atoms with van der Waals surface area (Å²) in [4.78, 5) is 13.0. The highest BCUT2D eigenvalue weighted by molar-refractivity contribution is 6.30. The van der Waals surface area contributed by atoms with Crippen molar-refractivity contribution in [3.63, 3.8) is 0 Å². The van der Waals surface area contributed by atoms with Gasteiger partial charge in [-0.1, -0.05) is 71.7 Å². The number of hydrogen-bond donors (Lipinski definition) is 1. The Hall–Kier alpha value is -2.34. The summed E-state index contributed by atoms with van der Waals surface area (Å²) >= 11 is 5.90. The number of carbonyl (C=O) groups is 1. The second-order valence-electron chi connectivity index (χ2n) is 18.0. The quantitative estimate of drug-likeness (QED) is 0.262. The highest BCUT2D eigenvalue weighted by atomic mass is 35.5. The van der Waals surface area contributed by atoms with Crippen LogP contribution in [-0.4, -0.2) is 22.0 Å². The minimum Gasteiger partial charge on any atom is -0.481 e. The molecule has 248 valence electrons. The fourth-order valence-corrected chi connectivity index (χ4v) is 12.4. The first-order valence-electron chi connectivity index (χ1n) is 17.6. The molecule has 1 aliphatic heterocycles. The van der Waals surface area contributed by atoms with E-state index < -0.39 is 17.2 Å². The predicted molar refractivity (Wildman–Crippen MR) is 181 cm³/mol. The number of hydrogen-bond acceptors (Lipinski definition) is 3. The molecule has 1 N–H and O–H groups in total. The van der Waals surface area contributed by atoms with E-state index in [1.54, 1.807) is 12.1 Å². The van der Waals surface area contributed by atoms with Crippen LogP contribution in [0.3, 0.4) is 0 Å². The van der Waals surface area contributed by atoms with Gasteiger partial charge in [-0.3, -0.25) is 4.79 Å². The lowest BCUT2D eigenvalue weighted by Crippen LogP contribution is -2.64. The molecular weight excluding hydrogens is 597 g/mol. The largest absolute Gasteiger partial charge is 0.481 e. The monoisotopic (exact) mass is 648 g/mol. The van der Waals surface area contributed by atoms with Gasteiger partial charge in [0.1, 0.15) is 17.3 Å². The van der Waals surface area contributed by atoms with E-state index in [1.165, 1.54) is 30.9 Å². The van der Waals surface area contributed by atoms with Crippen molar-refractivity contribution in [2.24, 2.45) is 66.5 Å². The van der Waals surface area contributed by atoms with Crippen molar-refractivity contribution in [2.75, 3.05) is 0 Å². The summed E-state index contributed by atoms with van der Waals surface area (Å²) < 4.78 is 16.0. The molecule has 0 saturated heterocycles. The third-order valence-electron chi connectivity index (χ3n) is 15.2. The molecule has 7 rings (SSSR count). The topological polar surface area (TPSA) is 65.0 Å². The fraction of sp³-hybridized carbons (Fsp3) is 0.692. The summed E-state index contributed by atoms with van der Waals surface area (Å²) in [5.74, 6) is 0.608. The van der Waals surface area contributed by atoms with E-state index in [9.17, 15) is 14.3 Å². The summed E-state index contributed by atoms with van der Waals surface area (Å²) in [7, 11) is 0. The van der Waals surface area contributed by atoms with E-state index >= 15 is 0 Å². The van der Waals surface area contributed by atoms with Crippen LogP contribution in [0.4, 0.5) is 4.39 Å². The van der Waals surface area contributed by atoms with Crippen molar-refractivity contribution < 1.29 is 19.0 Å². The van der Waals surface area contributed by atoms with Crippen LogP contribution >= 0.6 is 11.6 Å². The zero-order valence-electron chi connectivity index (χ0n) is 28.8. The van der Waals surface area contributed by atoms with Gasteiger partial charge in [0.15, 0.2) is 6.20 Å². The molecule has 5 aliphatic carbocycles. The molecule has 0 aromatic heterocycles. The molecule has 1 aromatic rings. The second kappa shape index (κ2) is 10.3. The van der Waals surface area contributed by atoms with Crippen molar-refractivity contribution >= 4 is 29.5 Å². The zero-order valence-corrected chi connectivity index (χ0v) is 29.6. The molecule has 1 heterocycles. The fourth-order valence-electron chi connectivity index (χ4n) is 12.2. The van der Waals surface area contributed by atoms with E-state index in [0.717, 1.165) is 44.9 Å². The lowest BCUT2D eigenvalue weighted by molar-refractivity contribution is -0.462. The maximum Gasteiger partial charge on any atom is 0.310 e. The predicted octanol–water partition coefficient (Wildman–Crippen LogP) is 10.7. The van der Waals surface area contributed by atoms with Crippen LogP contribution in [0.5, 0.6) is 0 Å². The molecule has 0 amide bonds. The number of carboxylic acid groups (broad SMARTS) is 1. The Labute approximate surface area is 279 Å². The Morgan fingerprint density at radius 1 is 1.00 bits per heavy atom. The summed E-state index contributed by atoms with van der Waals surface area (Å²) in [5, 5.41) is 19.6. The number of allylic oxidation sites excluding steroid dienone is 2. The van der Waals surface area contributed by atoms with Gasteiger partial charge in [-0.25, -0.2) is 4.39 Å². The van der Waals surface area contributed by atoms with Crippen LogP contribution in [0.2, 0.25) is 5.02 Å². The van der Waals surface area contributed by atoms with Crippen molar-refractivity contribution in [3.8, 4) is 0 Å². The van der Waals surface area contributed by atoms with Gasteiger partial charge >= 0.3 is 5.97 Å². The van der Waals surface area contributed by atoms with Gasteiger partial charge in [-0.05, 0) is 127 Å². The number of aliphatic carboxylic acids is 1. The molecule has 0 bridgehead atoms. The van der Waals surface area contributed by atoms with E-state index in [4.69, 9.17) is 11.6 Å². The van der Waals surface area contributed by atoms with Crippen molar-refractivity contribution in [1.82, 2.24) is 0 Å². The van der Waals surface area contributed by atoms with E-state index in [1.807, 2.05) is 10.9 Å². The SMILES string of the molecule is CC1(C)CC[C@]2(C(=O)O)CC[C@]3(C)C(=CCC4[C@@]5(C)CCC(/C=[N+]6\C=C(c7ccc(Cl)c(F)c7)N=N6)C(C)(C)C5CC[C@]43C)C2C1. The zero-order chi connectivity index (χ0) is 33.1. The standard InChI is InChI=1S/C39H51ClFN3O2/c1-34(2)16-18-39(33(45)46)19-17-37(6)26(27(39)21-34)9-11-32-36(5)14-12-25(35(3,4)31(36)13-15-38(32,37)7)22-44-23-30(42-43-44)24-8-10-28(40)29(41)20-24/h8-10,20,22-23,25,27,31-32H,11-19,21H2,1-7H3/p+1/b44-22+/t25?,27?,31?,32?,36-,37+,38+,39-/m0/s1. The summed E-state index contributed by atoms with van der Waals surface area (Å²) in [6.07, 6.45) is 17.0. The van der Waals surface area contributed by atoms with E-state index in [0.29, 0.717) is 29.0 Å². The molecule has 1 aromatic carbocycles. The Balaban J connectivity index is 1.18. The van der Waals surface area contributed by atoms with Gasteiger partial charge in [0.25, 0.3) is 5.70 Å². The highest BCUT2D eigenvalue weighted by Crippen LogP contribution is 2.76. The van der Waals surface area contributed by atoms with Gasteiger partial charge in [0.2, 0.25) is 0 Å². The normalized spacial score (nSPS) is 43.1. The number of fused-ring (bicyclic) bond motifs is 7. The number of carboxylic acids is 1. The molecule has 0 spiro atoms. The number of rotatable bonds is 3. The van der Waals surface area contributed by atoms with Crippen LogP contribution in [0.15, 0.2) is 46.4 Å². The number of nitrogens with zero attached hydrogens (tertiary/aromatic N) is 3. The van der Waals surface area contributed by atoms with E-state index in [2.05, 4.69) is 71.1 Å². The minimum atomic E-state index is -0.593. The van der Waals surface area contributed by atoms with Gasteiger partial charge in [-0.15, -0.1) is 4.68 Å². The van der Waals surface area contributed by atoms with Gasteiger partial charge < -0.3 is 5.11 Å². The van der Waals surface area contributed by atoms with Crippen molar-refractivity contribution in [3.05, 3.63) is 52.5 Å². The third-order valence-corrected chi connectivity index (χ3v) is 15.5. The lowest BCUT2D eigenvalue weighted by Gasteiger charge is -2.71. The van der Waals surface area contributed by atoms with Crippen LogP contribution in [0.1, 0.15) is 118 Å². The maximum absolute atomic E-state index is 14.1. The molecule has 6 aliphatic rings. The smallest absolute Gasteiger partial charge is 0.310 e.